The Bertz CT molecular complexity index is 991. The summed E-state index contributed by atoms with van der Waals surface area (Å²) in [6, 6.07) is 6.55. The van der Waals surface area contributed by atoms with Gasteiger partial charge >= 0.3 is 11.0 Å². The van der Waals surface area contributed by atoms with Crippen molar-refractivity contribution >= 4 is 44.9 Å². The van der Waals surface area contributed by atoms with Crippen molar-refractivity contribution in [2.75, 3.05) is 10.6 Å². The minimum Gasteiger partial charge on any atom is -0.481 e. The van der Waals surface area contributed by atoms with Crippen molar-refractivity contribution in [3.05, 3.63) is 45.6 Å². The van der Waals surface area contributed by atoms with E-state index in [1.165, 1.54) is 6.92 Å². The van der Waals surface area contributed by atoms with E-state index < -0.39 is 16.8 Å². The number of amides is 2. The van der Waals surface area contributed by atoms with Crippen LogP contribution in [0.3, 0.4) is 0 Å². The van der Waals surface area contributed by atoms with Gasteiger partial charge in [-0.2, -0.15) is 0 Å². The summed E-state index contributed by atoms with van der Waals surface area (Å²) in [5.41, 5.74) is 0.825. The van der Waals surface area contributed by atoms with Crippen molar-refractivity contribution in [1.82, 2.24) is 4.98 Å². The average molecular weight is 477 g/mol. The Morgan fingerprint density at radius 3 is 2.21 bits per heavy atom. The van der Waals surface area contributed by atoms with E-state index in [1.54, 1.807) is 24.3 Å². The second-order valence-corrected chi connectivity index (χ2v) is 8.56. The maximum absolute atomic E-state index is 12.7. The number of carboxylic acids is 1. The molecule has 2 aromatic rings. The lowest BCUT2D eigenvalue weighted by Gasteiger charge is -2.10. The van der Waals surface area contributed by atoms with Crippen LogP contribution >= 0.6 is 11.3 Å². The van der Waals surface area contributed by atoms with Crippen LogP contribution in [0.15, 0.2) is 24.3 Å². The van der Waals surface area contributed by atoms with Gasteiger partial charge in [0.15, 0.2) is 5.13 Å². The highest BCUT2D eigenvalue weighted by Gasteiger charge is 2.20. The van der Waals surface area contributed by atoms with E-state index in [2.05, 4.69) is 15.6 Å². The molecule has 11 heteroatoms. The van der Waals surface area contributed by atoms with Crippen LogP contribution < -0.4 is 10.6 Å². The summed E-state index contributed by atoms with van der Waals surface area (Å²) in [6.45, 7) is 1.50. The Morgan fingerprint density at radius 2 is 1.61 bits per heavy atom. The third-order valence-electron chi connectivity index (χ3n) is 4.90. The molecule has 0 saturated carbocycles. The van der Waals surface area contributed by atoms with Crippen LogP contribution in [0.4, 0.5) is 15.8 Å². The topological polar surface area (TPSA) is 152 Å². The predicted molar refractivity (Wildman–Crippen MR) is 126 cm³/mol. The summed E-state index contributed by atoms with van der Waals surface area (Å²) in [5, 5.41) is 24.9. The number of carbonyl (C=O) groups excluding carboxylic acids is 2. The Morgan fingerprint density at radius 1 is 1.00 bits per heavy atom. The fourth-order valence-electron chi connectivity index (χ4n) is 3.22. The lowest BCUT2D eigenvalue weighted by Crippen LogP contribution is -2.18. The summed E-state index contributed by atoms with van der Waals surface area (Å²) < 4.78 is 0. The van der Waals surface area contributed by atoms with Crippen molar-refractivity contribution in [3.8, 4) is 0 Å². The molecule has 0 radical (unpaired) electrons. The lowest BCUT2D eigenvalue weighted by atomic mass is 10.1. The number of carbonyl (C=O) groups is 3. The number of anilines is 2. The van der Waals surface area contributed by atoms with E-state index in [0.717, 1.165) is 49.9 Å². The third kappa shape index (κ3) is 8.97. The number of hydrogen-bond donors (Lipinski definition) is 3. The highest BCUT2D eigenvalue weighted by molar-refractivity contribution is 7.19. The van der Waals surface area contributed by atoms with Crippen LogP contribution in [0.25, 0.3) is 0 Å². The molecular weight excluding hydrogens is 448 g/mol. The van der Waals surface area contributed by atoms with Gasteiger partial charge in [-0.1, -0.05) is 44.2 Å². The fraction of sp³-hybridized carbons (Fsp3) is 0.455. The zero-order valence-electron chi connectivity index (χ0n) is 18.5. The number of nitrogens with one attached hydrogen (secondary N) is 2. The largest absolute Gasteiger partial charge is 0.481 e. The van der Waals surface area contributed by atoms with E-state index in [0.29, 0.717) is 18.5 Å². The summed E-state index contributed by atoms with van der Waals surface area (Å²) in [5.74, 6) is -1.47. The predicted octanol–water partition coefficient (Wildman–Crippen LogP) is 5.15. The monoisotopic (exact) mass is 476 g/mol. The van der Waals surface area contributed by atoms with Gasteiger partial charge in [-0.25, -0.2) is 4.98 Å². The van der Waals surface area contributed by atoms with Gasteiger partial charge in [0.2, 0.25) is 5.91 Å². The molecule has 0 aliphatic rings. The molecule has 0 atom stereocenters. The summed E-state index contributed by atoms with van der Waals surface area (Å²) in [4.78, 5) is 49.9. The first-order valence-corrected chi connectivity index (χ1v) is 11.6. The lowest BCUT2D eigenvalue weighted by molar-refractivity contribution is -0.380. The van der Waals surface area contributed by atoms with Crippen LogP contribution in [0, 0.1) is 17.0 Å². The number of rotatable bonds is 14. The molecule has 1 aromatic heterocycles. The second-order valence-electron chi connectivity index (χ2n) is 7.58. The molecule has 0 aliphatic heterocycles. The Hall–Kier alpha value is -3.34. The molecule has 0 fully saturated rings. The number of nitro groups is 1. The maximum atomic E-state index is 12.7. The number of carboxylic acid groups (broad SMARTS) is 1. The molecule has 10 nitrogen and oxygen atoms in total. The number of para-hydroxylation sites is 1. The molecular formula is C22H28N4O6S. The number of benzene rings is 1. The SMILES string of the molecule is Cc1nc(NC(=O)c2ccccc2NC(=O)CCCCCCCCCC(=O)O)sc1[N+](=O)[O-]. The highest BCUT2D eigenvalue weighted by atomic mass is 32.1. The van der Waals surface area contributed by atoms with Gasteiger partial charge in [0.25, 0.3) is 5.91 Å². The fourth-order valence-corrected chi connectivity index (χ4v) is 4.00. The number of aryl methyl sites for hydroxylation is 1. The molecule has 33 heavy (non-hydrogen) atoms. The van der Waals surface area contributed by atoms with Gasteiger partial charge in [-0.05, 0) is 43.2 Å². The van der Waals surface area contributed by atoms with Crippen LogP contribution in [0.5, 0.6) is 0 Å². The molecule has 0 aliphatic carbocycles. The molecule has 2 rings (SSSR count). The molecule has 0 saturated heterocycles. The van der Waals surface area contributed by atoms with Gasteiger partial charge in [-0.15, -0.1) is 0 Å². The zero-order chi connectivity index (χ0) is 24.2. The minimum absolute atomic E-state index is 0.119. The highest BCUT2D eigenvalue weighted by Crippen LogP contribution is 2.30. The second kappa shape index (κ2) is 13.3. The van der Waals surface area contributed by atoms with Gasteiger partial charge in [0.1, 0.15) is 5.69 Å². The van der Waals surface area contributed by atoms with Gasteiger partial charge < -0.3 is 10.4 Å². The van der Waals surface area contributed by atoms with Crippen molar-refractivity contribution in [3.63, 3.8) is 0 Å². The van der Waals surface area contributed by atoms with E-state index in [4.69, 9.17) is 5.11 Å². The van der Waals surface area contributed by atoms with Crippen molar-refractivity contribution < 1.29 is 24.4 Å². The Kier molecular flexibility index (Phi) is 10.4. The summed E-state index contributed by atoms with van der Waals surface area (Å²) in [6.07, 6.45) is 6.74. The molecule has 0 unspecified atom stereocenters. The van der Waals surface area contributed by atoms with E-state index in [-0.39, 0.29) is 33.7 Å². The summed E-state index contributed by atoms with van der Waals surface area (Å²) in [7, 11) is 0. The standard InChI is InChI=1S/C22H28N4O6S/c1-15-21(26(31)32)33-22(23-15)25-20(30)16-11-9-10-12-17(16)24-18(27)13-7-5-3-2-4-6-8-14-19(28)29/h9-12H,2-8,13-14H2,1H3,(H,24,27)(H,28,29)(H,23,25,30). The van der Waals surface area contributed by atoms with Crippen LogP contribution in [0.1, 0.15) is 73.8 Å². The van der Waals surface area contributed by atoms with Crippen molar-refractivity contribution in [2.45, 2.75) is 64.7 Å². The first-order chi connectivity index (χ1) is 15.8. The molecule has 2 amide bonds. The summed E-state index contributed by atoms with van der Waals surface area (Å²) >= 11 is 0.778. The molecule has 1 aromatic carbocycles. The smallest absolute Gasteiger partial charge is 0.348 e. The number of thiazole rings is 1. The van der Waals surface area contributed by atoms with Gasteiger partial charge in [0, 0.05) is 12.8 Å². The average Bonchev–Trinajstić information content (AvgIpc) is 3.12. The quantitative estimate of drug-likeness (QED) is 0.194. The molecule has 3 N–H and O–H groups in total. The maximum Gasteiger partial charge on any atom is 0.348 e. The van der Waals surface area contributed by atoms with E-state index in [9.17, 15) is 24.5 Å². The Balaban J connectivity index is 1.78. The zero-order valence-corrected chi connectivity index (χ0v) is 19.3. The van der Waals surface area contributed by atoms with Crippen molar-refractivity contribution in [2.24, 2.45) is 0 Å². The molecule has 0 spiro atoms. The number of nitrogens with zero attached hydrogens (tertiary/aromatic N) is 2. The first-order valence-electron chi connectivity index (χ1n) is 10.8. The van der Waals surface area contributed by atoms with Crippen molar-refractivity contribution in [1.29, 1.82) is 0 Å². The van der Waals surface area contributed by atoms with E-state index in [1.807, 2.05) is 0 Å². The number of hydrogen-bond acceptors (Lipinski definition) is 7. The van der Waals surface area contributed by atoms with Crippen LogP contribution in [0.2, 0.25) is 0 Å². The third-order valence-corrected chi connectivity index (χ3v) is 5.92. The number of aromatic nitrogens is 1. The number of aliphatic carboxylic acids is 1. The van der Waals surface area contributed by atoms with Crippen LogP contribution in [-0.4, -0.2) is 32.8 Å². The number of unbranched alkanes of at least 4 members (excludes halogenated alkanes) is 6. The van der Waals surface area contributed by atoms with E-state index >= 15 is 0 Å². The van der Waals surface area contributed by atoms with Gasteiger partial charge in [0.05, 0.1) is 16.2 Å². The van der Waals surface area contributed by atoms with Crippen LogP contribution in [-0.2, 0) is 9.59 Å². The first kappa shape index (κ1) is 25.9. The molecule has 0 bridgehead atoms. The molecule has 1 heterocycles. The minimum atomic E-state index is -0.762. The Labute approximate surface area is 195 Å². The molecule has 178 valence electrons. The normalized spacial score (nSPS) is 10.6. The van der Waals surface area contributed by atoms with Gasteiger partial charge in [-0.3, -0.25) is 29.8 Å².